The number of ether oxygens (including phenoxy) is 2. The average molecular weight is 322 g/mol. The number of carbonyl (C=O) groups excluding carboxylic acids is 1. The van der Waals surface area contributed by atoms with Crippen molar-refractivity contribution in [1.82, 2.24) is 15.5 Å². The van der Waals surface area contributed by atoms with Crippen molar-refractivity contribution in [2.75, 3.05) is 48.0 Å². The zero-order chi connectivity index (χ0) is 17.1. The summed E-state index contributed by atoms with van der Waals surface area (Å²) in [6.45, 7) is 1.94. The van der Waals surface area contributed by atoms with Crippen LogP contribution >= 0.6 is 0 Å². The molecule has 0 fully saturated rings. The summed E-state index contributed by atoms with van der Waals surface area (Å²) in [6, 6.07) is 7.61. The third-order valence-corrected chi connectivity index (χ3v) is 3.04. The number of hydrogen-bond acceptors (Lipinski definition) is 4. The number of methoxy groups -OCH3 is 1. The van der Waals surface area contributed by atoms with Crippen molar-refractivity contribution in [3.63, 3.8) is 0 Å². The third-order valence-electron chi connectivity index (χ3n) is 3.04. The van der Waals surface area contributed by atoms with Crippen LogP contribution in [0.15, 0.2) is 29.3 Å². The average Bonchev–Trinajstić information content (AvgIpc) is 2.56. The second-order valence-corrected chi connectivity index (χ2v) is 5.07. The maximum absolute atomic E-state index is 11.5. The number of nitrogens with one attached hydrogen (secondary N) is 2. The van der Waals surface area contributed by atoms with Gasteiger partial charge in [0.1, 0.15) is 5.75 Å². The molecule has 0 spiro atoms. The van der Waals surface area contributed by atoms with Gasteiger partial charge >= 0.3 is 0 Å². The zero-order valence-electron chi connectivity index (χ0n) is 14.3. The normalized spacial score (nSPS) is 11.0. The molecule has 0 aliphatic rings. The number of benzene rings is 1. The zero-order valence-corrected chi connectivity index (χ0v) is 14.3. The Labute approximate surface area is 137 Å². The van der Waals surface area contributed by atoms with Gasteiger partial charge in [0.2, 0.25) is 0 Å². The Balaban J connectivity index is 2.48. The number of guanidine groups is 1. The van der Waals surface area contributed by atoms with E-state index in [0.29, 0.717) is 31.4 Å². The summed E-state index contributed by atoms with van der Waals surface area (Å²) in [7, 11) is 6.78. The van der Waals surface area contributed by atoms with E-state index in [1.54, 1.807) is 28.3 Å². The molecule has 1 amide bonds. The van der Waals surface area contributed by atoms with Crippen LogP contribution in [-0.2, 0) is 16.1 Å². The first-order chi connectivity index (χ1) is 11.1. The molecule has 0 radical (unpaired) electrons. The molecule has 1 rings (SSSR count). The van der Waals surface area contributed by atoms with Gasteiger partial charge in [-0.3, -0.25) is 9.79 Å². The maximum atomic E-state index is 11.5. The van der Waals surface area contributed by atoms with Gasteiger partial charge in [-0.25, -0.2) is 0 Å². The van der Waals surface area contributed by atoms with Crippen LogP contribution in [0.2, 0.25) is 0 Å². The van der Waals surface area contributed by atoms with Crippen LogP contribution in [0, 0.1) is 0 Å². The van der Waals surface area contributed by atoms with Gasteiger partial charge in [0.05, 0.1) is 6.61 Å². The second kappa shape index (κ2) is 10.4. The molecule has 1 aromatic carbocycles. The predicted molar refractivity (Wildman–Crippen MR) is 90.7 cm³/mol. The summed E-state index contributed by atoms with van der Waals surface area (Å²) in [5, 5.41) is 6.35. The molecule has 0 aromatic heterocycles. The highest BCUT2D eigenvalue weighted by atomic mass is 16.5. The monoisotopic (exact) mass is 322 g/mol. The summed E-state index contributed by atoms with van der Waals surface area (Å²) in [5.41, 5.74) is 1.04. The molecule has 7 heteroatoms. The number of rotatable bonds is 8. The molecule has 0 unspecified atom stereocenters. The van der Waals surface area contributed by atoms with Crippen LogP contribution in [0.5, 0.6) is 5.75 Å². The lowest BCUT2D eigenvalue weighted by Gasteiger charge is -2.13. The Morgan fingerprint density at radius 2 is 2.09 bits per heavy atom. The van der Waals surface area contributed by atoms with E-state index in [1.165, 1.54) is 4.90 Å². The molecular formula is C16H26N4O3. The number of likely N-dealkylation sites (N-methyl/N-ethyl adjacent to an activating group) is 1. The Bertz CT molecular complexity index is 518. The van der Waals surface area contributed by atoms with Gasteiger partial charge in [-0.1, -0.05) is 12.1 Å². The van der Waals surface area contributed by atoms with Crippen molar-refractivity contribution in [3.8, 4) is 5.75 Å². The van der Waals surface area contributed by atoms with E-state index in [2.05, 4.69) is 15.6 Å². The van der Waals surface area contributed by atoms with E-state index >= 15 is 0 Å². The fourth-order valence-corrected chi connectivity index (χ4v) is 1.70. The van der Waals surface area contributed by atoms with Crippen molar-refractivity contribution in [3.05, 3.63) is 29.8 Å². The molecule has 0 bridgehead atoms. The first-order valence-corrected chi connectivity index (χ1v) is 7.42. The first-order valence-electron chi connectivity index (χ1n) is 7.42. The van der Waals surface area contributed by atoms with Crippen LogP contribution in [0.1, 0.15) is 5.56 Å². The number of hydrogen-bond donors (Lipinski definition) is 2. The van der Waals surface area contributed by atoms with Crippen LogP contribution in [0.3, 0.4) is 0 Å². The van der Waals surface area contributed by atoms with Crippen molar-refractivity contribution in [2.24, 2.45) is 4.99 Å². The van der Waals surface area contributed by atoms with E-state index in [9.17, 15) is 4.79 Å². The lowest BCUT2D eigenvalue weighted by molar-refractivity contribution is -0.130. The van der Waals surface area contributed by atoms with E-state index in [0.717, 1.165) is 5.56 Å². The molecule has 0 aliphatic heterocycles. The highest BCUT2D eigenvalue weighted by Gasteiger charge is 2.05. The molecule has 2 N–H and O–H groups in total. The molecule has 0 aliphatic carbocycles. The van der Waals surface area contributed by atoms with Gasteiger partial charge in [0, 0.05) is 41.3 Å². The minimum atomic E-state index is -0.0729. The summed E-state index contributed by atoms with van der Waals surface area (Å²) >= 11 is 0. The van der Waals surface area contributed by atoms with Crippen LogP contribution in [0.25, 0.3) is 0 Å². The van der Waals surface area contributed by atoms with Crippen molar-refractivity contribution in [2.45, 2.75) is 6.54 Å². The Morgan fingerprint density at radius 3 is 2.74 bits per heavy atom. The number of aliphatic imine (C=N–C) groups is 1. The summed E-state index contributed by atoms with van der Waals surface area (Å²) in [5.74, 6) is 1.30. The Morgan fingerprint density at radius 1 is 1.30 bits per heavy atom. The SMILES string of the molecule is CN=C(NCCOC)NCc1cccc(OCC(=O)N(C)C)c1. The van der Waals surface area contributed by atoms with Crippen LogP contribution in [-0.4, -0.2) is 64.8 Å². The largest absolute Gasteiger partial charge is 0.484 e. The topological polar surface area (TPSA) is 75.2 Å². The van der Waals surface area contributed by atoms with Gasteiger partial charge in [0.15, 0.2) is 12.6 Å². The Hall–Kier alpha value is -2.28. The molecule has 23 heavy (non-hydrogen) atoms. The van der Waals surface area contributed by atoms with Gasteiger partial charge in [0.25, 0.3) is 5.91 Å². The van der Waals surface area contributed by atoms with E-state index in [4.69, 9.17) is 9.47 Å². The third kappa shape index (κ3) is 7.51. The summed E-state index contributed by atoms with van der Waals surface area (Å²) < 4.78 is 10.5. The smallest absolute Gasteiger partial charge is 0.259 e. The molecule has 0 atom stereocenters. The Kier molecular flexibility index (Phi) is 8.52. The number of carbonyl (C=O) groups is 1. The van der Waals surface area contributed by atoms with Crippen molar-refractivity contribution in [1.29, 1.82) is 0 Å². The molecule has 0 heterocycles. The summed E-state index contributed by atoms with van der Waals surface area (Å²) in [4.78, 5) is 17.2. The minimum absolute atomic E-state index is 0.0319. The number of nitrogens with zero attached hydrogens (tertiary/aromatic N) is 2. The fourth-order valence-electron chi connectivity index (χ4n) is 1.70. The van der Waals surface area contributed by atoms with Crippen LogP contribution in [0.4, 0.5) is 0 Å². The highest BCUT2D eigenvalue weighted by Crippen LogP contribution is 2.13. The molecule has 1 aromatic rings. The molecule has 7 nitrogen and oxygen atoms in total. The van der Waals surface area contributed by atoms with E-state index < -0.39 is 0 Å². The lowest BCUT2D eigenvalue weighted by atomic mass is 10.2. The first kappa shape index (κ1) is 18.8. The number of amides is 1. The van der Waals surface area contributed by atoms with E-state index in [1.807, 2.05) is 24.3 Å². The molecule has 0 saturated carbocycles. The van der Waals surface area contributed by atoms with Crippen LogP contribution < -0.4 is 15.4 Å². The van der Waals surface area contributed by atoms with E-state index in [-0.39, 0.29) is 12.5 Å². The van der Waals surface area contributed by atoms with Gasteiger partial charge in [-0.2, -0.15) is 0 Å². The second-order valence-electron chi connectivity index (χ2n) is 5.07. The lowest BCUT2D eigenvalue weighted by Crippen LogP contribution is -2.38. The molecular weight excluding hydrogens is 296 g/mol. The molecule has 128 valence electrons. The quantitative estimate of drug-likeness (QED) is 0.413. The van der Waals surface area contributed by atoms with Crippen molar-refractivity contribution >= 4 is 11.9 Å². The van der Waals surface area contributed by atoms with Gasteiger partial charge < -0.3 is 25.0 Å². The molecule has 0 saturated heterocycles. The predicted octanol–water partition coefficient (Wildman–Crippen LogP) is 0.465. The minimum Gasteiger partial charge on any atom is -0.484 e. The highest BCUT2D eigenvalue weighted by molar-refractivity contribution is 5.79. The van der Waals surface area contributed by atoms with Gasteiger partial charge in [-0.05, 0) is 17.7 Å². The maximum Gasteiger partial charge on any atom is 0.259 e. The standard InChI is InChI=1S/C16H26N4O3/c1-17-16(18-8-9-22-4)19-11-13-6-5-7-14(10-13)23-12-15(21)20(2)3/h5-7,10H,8-9,11-12H2,1-4H3,(H2,17,18,19). The summed E-state index contributed by atoms with van der Waals surface area (Å²) in [6.07, 6.45) is 0. The fraction of sp³-hybridized carbons (Fsp3) is 0.500. The van der Waals surface area contributed by atoms with Gasteiger partial charge in [-0.15, -0.1) is 0 Å². The van der Waals surface area contributed by atoms with Crippen molar-refractivity contribution < 1.29 is 14.3 Å².